The molecule has 0 bridgehead atoms. The van der Waals surface area contributed by atoms with Crippen LogP contribution in [0.4, 0.5) is 10.5 Å². The standard InChI is InChI=1S/C16H22ClN3O3/c1-3-23-16(22)20-9-7-19(8-10-20)12(2)15(21)18-14-6-4-5-13(17)11-14/h4-6,11-12H,3,7-10H2,1-2H3,(H,18,21)/t12-/m1/s1. The second-order valence-corrected chi connectivity index (χ2v) is 5.83. The molecule has 126 valence electrons. The number of nitrogens with one attached hydrogen (secondary N) is 1. The van der Waals surface area contributed by atoms with Gasteiger partial charge in [0.15, 0.2) is 0 Å². The summed E-state index contributed by atoms with van der Waals surface area (Å²) in [6.07, 6.45) is -0.289. The van der Waals surface area contributed by atoms with E-state index in [4.69, 9.17) is 16.3 Å². The third-order valence-corrected chi connectivity index (χ3v) is 4.09. The Bertz CT molecular complexity index is 559. The van der Waals surface area contributed by atoms with Crippen molar-refractivity contribution in [1.29, 1.82) is 0 Å². The van der Waals surface area contributed by atoms with Crippen LogP contribution in [0.25, 0.3) is 0 Å². The first kappa shape index (κ1) is 17.6. The number of rotatable bonds is 4. The average Bonchev–Trinajstić information content (AvgIpc) is 2.54. The zero-order valence-corrected chi connectivity index (χ0v) is 14.2. The fourth-order valence-corrected chi connectivity index (χ4v) is 2.68. The predicted octanol–water partition coefficient (Wildman–Crippen LogP) is 2.44. The Hall–Kier alpha value is -1.79. The summed E-state index contributed by atoms with van der Waals surface area (Å²) in [4.78, 5) is 27.7. The maximum atomic E-state index is 12.3. The minimum atomic E-state index is -0.289. The molecule has 0 radical (unpaired) electrons. The van der Waals surface area contributed by atoms with E-state index >= 15 is 0 Å². The minimum Gasteiger partial charge on any atom is -0.450 e. The number of carbonyl (C=O) groups is 2. The number of ether oxygens (including phenoxy) is 1. The molecule has 1 aliphatic rings. The van der Waals surface area contributed by atoms with Crippen molar-refractivity contribution in [1.82, 2.24) is 9.80 Å². The van der Waals surface area contributed by atoms with E-state index in [0.717, 1.165) is 0 Å². The van der Waals surface area contributed by atoms with Crippen molar-refractivity contribution in [3.63, 3.8) is 0 Å². The number of carbonyl (C=O) groups excluding carboxylic acids is 2. The molecular formula is C16H22ClN3O3. The van der Waals surface area contributed by atoms with Crippen LogP contribution in [0.2, 0.25) is 5.02 Å². The van der Waals surface area contributed by atoms with Gasteiger partial charge in [-0.15, -0.1) is 0 Å². The maximum Gasteiger partial charge on any atom is 0.409 e. The second kappa shape index (κ2) is 8.17. The quantitative estimate of drug-likeness (QED) is 0.915. The highest BCUT2D eigenvalue weighted by Gasteiger charge is 2.27. The zero-order valence-electron chi connectivity index (χ0n) is 13.4. The molecule has 0 aliphatic carbocycles. The topological polar surface area (TPSA) is 61.9 Å². The number of amides is 2. The SMILES string of the molecule is CCOC(=O)N1CCN([C@H](C)C(=O)Nc2cccc(Cl)c2)CC1. The molecule has 1 saturated heterocycles. The summed E-state index contributed by atoms with van der Waals surface area (Å²) in [6.45, 7) is 6.43. The van der Waals surface area contributed by atoms with Gasteiger partial charge in [-0.05, 0) is 32.0 Å². The van der Waals surface area contributed by atoms with E-state index < -0.39 is 0 Å². The highest BCUT2D eigenvalue weighted by Crippen LogP contribution is 2.16. The van der Waals surface area contributed by atoms with Gasteiger partial charge in [0.1, 0.15) is 0 Å². The van der Waals surface area contributed by atoms with Gasteiger partial charge in [0, 0.05) is 36.9 Å². The first-order chi connectivity index (χ1) is 11.0. The van der Waals surface area contributed by atoms with E-state index in [1.165, 1.54) is 0 Å². The number of benzene rings is 1. The molecule has 0 saturated carbocycles. The van der Waals surface area contributed by atoms with Gasteiger partial charge in [-0.1, -0.05) is 17.7 Å². The summed E-state index contributed by atoms with van der Waals surface area (Å²) in [5, 5.41) is 3.45. The Morgan fingerprint density at radius 1 is 1.30 bits per heavy atom. The van der Waals surface area contributed by atoms with Gasteiger partial charge in [-0.3, -0.25) is 9.69 Å². The van der Waals surface area contributed by atoms with Gasteiger partial charge in [0.2, 0.25) is 5.91 Å². The number of nitrogens with zero attached hydrogens (tertiary/aromatic N) is 2. The highest BCUT2D eigenvalue weighted by molar-refractivity contribution is 6.30. The van der Waals surface area contributed by atoms with Crippen molar-refractivity contribution >= 4 is 29.3 Å². The summed E-state index contributed by atoms with van der Waals surface area (Å²) in [5.74, 6) is -0.0862. The predicted molar refractivity (Wildman–Crippen MR) is 89.7 cm³/mol. The third-order valence-electron chi connectivity index (χ3n) is 3.86. The van der Waals surface area contributed by atoms with Gasteiger partial charge < -0.3 is 15.0 Å². The van der Waals surface area contributed by atoms with Crippen molar-refractivity contribution in [3.8, 4) is 0 Å². The van der Waals surface area contributed by atoms with Crippen molar-refractivity contribution in [2.24, 2.45) is 0 Å². The fourth-order valence-electron chi connectivity index (χ4n) is 2.49. The molecule has 0 aromatic heterocycles. The van der Waals surface area contributed by atoms with Crippen LogP contribution < -0.4 is 5.32 Å². The van der Waals surface area contributed by atoms with Gasteiger partial charge in [0.25, 0.3) is 0 Å². The lowest BCUT2D eigenvalue weighted by Crippen LogP contribution is -2.54. The number of halogens is 1. The van der Waals surface area contributed by atoms with E-state index in [9.17, 15) is 9.59 Å². The van der Waals surface area contributed by atoms with Crippen molar-refractivity contribution in [2.45, 2.75) is 19.9 Å². The van der Waals surface area contributed by atoms with E-state index in [0.29, 0.717) is 43.5 Å². The first-order valence-electron chi connectivity index (χ1n) is 7.73. The van der Waals surface area contributed by atoms with Gasteiger partial charge in [0.05, 0.1) is 12.6 Å². The summed E-state index contributed by atoms with van der Waals surface area (Å²) in [5.41, 5.74) is 0.680. The number of hydrogen-bond donors (Lipinski definition) is 1. The van der Waals surface area contributed by atoms with E-state index in [1.54, 1.807) is 36.1 Å². The normalized spacial score (nSPS) is 16.7. The Morgan fingerprint density at radius 2 is 2.00 bits per heavy atom. The lowest BCUT2D eigenvalue weighted by atomic mass is 10.2. The molecule has 1 aromatic carbocycles. The smallest absolute Gasteiger partial charge is 0.409 e. The van der Waals surface area contributed by atoms with E-state index in [-0.39, 0.29) is 18.0 Å². The largest absolute Gasteiger partial charge is 0.450 e. The second-order valence-electron chi connectivity index (χ2n) is 5.40. The van der Waals surface area contributed by atoms with Crippen LogP contribution in [-0.4, -0.2) is 60.6 Å². The van der Waals surface area contributed by atoms with Crippen molar-refractivity contribution < 1.29 is 14.3 Å². The molecule has 1 N–H and O–H groups in total. The summed E-state index contributed by atoms with van der Waals surface area (Å²) in [6, 6.07) is 6.79. The van der Waals surface area contributed by atoms with Gasteiger partial charge in [-0.25, -0.2) is 4.79 Å². The molecule has 1 heterocycles. The third kappa shape index (κ3) is 4.84. The van der Waals surface area contributed by atoms with Crippen LogP contribution in [0.1, 0.15) is 13.8 Å². The fraction of sp³-hybridized carbons (Fsp3) is 0.500. The summed E-state index contributed by atoms with van der Waals surface area (Å²) >= 11 is 5.92. The monoisotopic (exact) mass is 339 g/mol. The Labute approximate surface area is 141 Å². The number of anilines is 1. The van der Waals surface area contributed by atoms with Crippen LogP contribution in [0.3, 0.4) is 0 Å². The highest BCUT2D eigenvalue weighted by atomic mass is 35.5. The average molecular weight is 340 g/mol. The Morgan fingerprint density at radius 3 is 2.61 bits per heavy atom. The first-order valence-corrected chi connectivity index (χ1v) is 8.11. The zero-order chi connectivity index (χ0) is 16.8. The van der Waals surface area contributed by atoms with Crippen LogP contribution in [-0.2, 0) is 9.53 Å². The molecule has 2 amide bonds. The molecular weight excluding hydrogens is 318 g/mol. The van der Waals surface area contributed by atoms with Crippen molar-refractivity contribution in [3.05, 3.63) is 29.3 Å². The van der Waals surface area contributed by atoms with Crippen LogP contribution in [0, 0.1) is 0 Å². The molecule has 1 aliphatic heterocycles. The number of hydrogen-bond acceptors (Lipinski definition) is 4. The van der Waals surface area contributed by atoms with Crippen molar-refractivity contribution in [2.75, 3.05) is 38.1 Å². The molecule has 1 fully saturated rings. The van der Waals surface area contributed by atoms with E-state index in [1.807, 2.05) is 6.92 Å². The van der Waals surface area contributed by atoms with Crippen LogP contribution in [0.5, 0.6) is 0 Å². The lowest BCUT2D eigenvalue weighted by molar-refractivity contribution is -0.121. The molecule has 23 heavy (non-hydrogen) atoms. The van der Waals surface area contributed by atoms with Gasteiger partial charge in [-0.2, -0.15) is 0 Å². The van der Waals surface area contributed by atoms with Crippen LogP contribution in [0.15, 0.2) is 24.3 Å². The maximum absolute atomic E-state index is 12.3. The molecule has 6 nitrogen and oxygen atoms in total. The lowest BCUT2D eigenvalue weighted by Gasteiger charge is -2.36. The summed E-state index contributed by atoms with van der Waals surface area (Å²) in [7, 11) is 0. The molecule has 1 atom stereocenters. The number of piperazine rings is 1. The van der Waals surface area contributed by atoms with E-state index in [2.05, 4.69) is 10.2 Å². The Balaban J connectivity index is 1.85. The molecule has 0 unspecified atom stereocenters. The minimum absolute atomic E-state index is 0.0862. The molecule has 1 aromatic rings. The molecule has 7 heteroatoms. The summed E-state index contributed by atoms with van der Waals surface area (Å²) < 4.78 is 4.99. The molecule has 2 rings (SSSR count). The van der Waals surface area contributed by atoms with Gasteiger partial charge >= 0.3 is 6.09 Å². The Kier molecular flexibility index (Phi) is 6.24. The molecule has 0 spiro atoms. The van der Waals surface area contributed by atoms with Crippen LogP contribution >= 0.6 is 11.6 Å².